The molecule has 2 saturated heterocycles. The number of hydrogen-bond acceptors (Lipinski definition) is 7. The van der Waals surface area contributed by atoms with E-state index in [-0.39, 0.29) is 29.9 Å². The van der Waals surface area contributed by atoms with Gasteiger partial charge in [0.15, 0.2) is 0 Å². The predicted molar refractivity (Wildman–Crippen MR) is 140 cm³/mol. The fraction of sp³-hybridized carbons (Fsp3) is 0.407. The highest BCUT2D eigenvalue weighted by atomic mass is 35.5. The highest BCUT2D eigenvalue weighted by Crippen LogP contribution is 2.47. The molecule has 1 N–H and O–H groups in total. The monoisotopic (exact) mass is 556 g/mol. The average molecular weight is 557 g/mol. The zero-order valence-electron chi connectivity index (χ0n) is 20.7. The third-order valence-electron chi connectivity index (χ3n) is 7.47. The molecule has 2 bridgehead atoms. The molecule has 3 aromatic rings. The van der Waals surface area contributed by atoms with E-state index >= 15 is 0 Å². The first kappa shape index (κ1) is 25.2. The van der Waals surface area contributed by atoms with E-state index in [0.29, 0.717) is 39.5 Å². The fourth-order valence-corrected chi connectivity index (χ4v) is 6.00. The number of amides is 2. The van der Waals surface area contributed by atoms with Crippen molar-refractivity contribution in [1.82, 2.24) is 15.0 Å². The molecule has 0 spiro atoms. The number of methoxy groups -OCH3 is 1. The zero-order chi connectivity index (χ0) is 26.4. The Kier molecular flexibility index (Phi) is 6.75. The minimum absolute atomic E-state index is 0.0142. The van der Waals surface area contributed by atoms with Crippen LogP contribution in [0.15, 0.2) is 41.1 Å². The van der Waals surface area contributed by atoms with Crippen LogP contribution in [0.5, 0.6) is 0 Å². The fourth-order valence-electron chi connectivity index (χ4n) is 5.42. The summed E-state index contributed by atoms with van der Waals surface area (Å²) in [6.45, 7) is 0.348. The van der Waals surface area contributed by atoms with Gasteiger partial charge in [-0.3, -0.25) is 0 Å². The minimum atomic E-state index is -0.524. The number of nitrogens with one attached hydrogen (secondary N) is 1. The Morgan fingerprint density at radius 1 is 1.11 bits per heavy atom. The van der Waals surface area contributed by atoms with E-state index in [1.165, 1.54) is 19.4 Å². The molecule has 198 valence electrons. The molecular formula is C27H26Cl2N4O5. The van der Waals surface area contributed by atoms with Crippen molar-refractivity contribution in [2.45, 2.75) is 62.8 Å². The zero-order valence-corrected chi connectivity index (χ0v) is 22.2. The first-order valence-electron chi connectivity index (χ1n) is 12.6. The van der Waals surface area contributed by atoms with E-state index in [4.69, 9.17) is 32.5 Å². The smallest absolute Gasteiger partial charge is 0.356 e. The maximum absolute atomic E-state index is 12.9. The molecule has 0 radical (unpaired) electrons. The van der Waals surface area contributed by atoms with Gasteiger partial charge in [-0.05, 0) is 56.4 Å². The lowest BCUT2D eigenvalue weighted by Gasteiger charge is -2.54. The number of fused-ring (bicyclic) bond motifs is 2. The van der Waals surface area contributed by atoms with Crippen LogP contribution >= 0.6 is 23.2 Å². The van der Waals surface area contributed by atoms with Gasteiger partial charge in [-0.2, -0.15) is 0 Å². The lowest BCUT2D eigenvalue weighted by molar-refractivity contribution is -0.0837. The van der Waals surface area contributed by atoms with Crippen molar-refractivity contribution in [2.75, 3.05) is 12.4 Å². The quantitative estimate of drug-likeness (QED) is 0.352. The second kappa shape index (κ2) is 10.2. The molecule has 2 aromatic heterocycles. The average Bonchev–Trinajstić information content (AvgIpc) is 3.67. The number of aromatic nitrogens is 2. The van der Waals surface area contributed by atoms with E-state index in [2.05, 4.69) is 20.2 Å². The lowest BCUT2D eigenvalue weighted by atomic mass is 9.78. The Balaban J connectivity index is 1.09. The van der Waals surface area contributed by atoms with Gasteiger partial charge in [-0.1, -0.05) is 34.4 Å². The highest BCUT2D eigenvalue weighted by molar-refractivity contribution is 6.39. The van der Waals surface area contributed by atoms with Crippen molar-refractivity contribution in [1.29, 1.82) is 0 Å². The number of anilines is 1. The topological polar surface area (TPSA) is 107 Å². The van der Waals surface area contributed by atoms with Gasteiger partial charge in [0.05, 0.1) is 41.8 Å². The number of carbonyl (C=O) groups excluding carboxylic acids is 2. The van der Waals surface area contributed by atoms with Crippen molar-refractivity contribution in [2.24, 2.45) is 0 Å². The van der Waals surface area contributed by atoms with Crippen LogP contribution in [0, 0.1) is 0 Å². The number of halogens is 2. The molecule has 2 atom stereocenters. The summed E-state index contributed by atoms with van der Waals surface area (Å²) in [5.41, 5.74) is 2.90. The molecule has 4 fully saturated rings. The number of ether oxygens (including phenoxy) is 2. The van der Waals surface area contributed by atoms with Gasteiger partial charge in [0.25, 0.3) is 0 Å². The molecule has 1 aromatic carbocycles. The molecule has 11 heteroatoms. The van der Waals surface area contributed by atoms with Crippen molar-refractivity contribution in [3.63, 3.8) is 0 Å². The Bertz CT molecular complexity index is 1340. The molecule has 2 amide bonds. The number of piperidine rings is 1. The summed E-state index contributed by atoms with van der Waals surface area (Å²) in [5, 5.41) is 8.25. The van der Waals surface area contributed by atoms with Gasteiger partial charge in [-0.15, -0.1) is 0 Å². The van der Waals surface area contributed by atoms with E-state index < -0.39 is 5.97 Å². The van der Waals surface area contributed by atoms with Gasteiger partial charge in [0, 0.05) is 29.1 Å². The van der Waals surface area contributed by atoms with Crippen molar-refractivity contribution >= 4 is 40.9 Å². The van der Waals surface area contributed by atoms with Gasteiger partial charge in [-0.25, -0.2) is 14.6 Å². The Labute approximate surface area is 229 Å². The van der Waals surface area contributed by atoms with Gasteiger partial charge in [0.2, 0.25) is 0 Å². The third-order valence-corrected chi connectivity index (χ3v) is 8.10. The van der Waals surface area contributed by atoms with E-state index in [1.54, 1.807) is 24.3 Å². The molecule has 2 aliphatic heterocycles. The summed E-state index contributed by atoms with van der Waals surface area (Å²) < 4.78 is 16.8. The second-order valence-electron chi connectivity index (χ2n) is 9.95. The second-order valence-corrected chi connectivity index (χ2v) is 10.8. The molecule has 2 aliphatic carbocycles. The van der Waals surface area contributed by atoms with Crippen LogP contribution in [0.3, 0.4) is 0 Å². The summed E-state index contributed by atoms with van der Waals surface area (Å²) in [6, 6.07) is 8.56. The van der Waals surface area contributed by atoms with Crippen molar-refractivity contribution in [3.8, 4) is 11.3 Å². The number of carbonyl (C=O) groups is 2. The van der Waals surface area contributed by atoms with Gasteiger partial charge < -0.3 is 24.2 Å². The molecule has 2 unspecified atom stereocenters. The maximum Gasteiger partial charge on any atom is 0.356 e. The van der Waals surface area contributed by atoms with Crippen LogP contribution in [0.1, 0.15) is 59.8 Å². The summed E-state index contributed by atoms with van der Waals surface area (Å²) in [7, 11) is 1.30. The Hall–Kier alpha value is -3.14. The molecule has 9 nitrogen and oxygen atoms in total. The summed E-state index contributed by atoms with van der Waals surface area (Å²) in [6.07, 6.45) is 6.04. The van der Waals surface area contributed by atoms with Crippen LogP contribution in [-0.2, 0) is 16.1 Å². The van der Waals surface area contributed by atoms with Crippen LogP contribution in [0.4, 0.5) is 10.5 Å². The first-order valence-corrected chi connectivity index (χ1v) is 13.4. The summed E-state index contributed by atoms with van der Waals surface area (Å²) in [4.78, 5) is 30.4. The van der Waals surface area contributed by atoms with Crippen molar-refractivity contribution in [3.05, 3.63) is 63.6 Å². The minimum Gasteiger partial charge on any atom is -0.464 e. The number of benzene rings is 1. The molecule has 7 rings (SSSR count). The summed E-state index contributed by atoms with van der Waals surface area (Å²) in [5.74, 6) is 0.680. The molecule has 4 aliphatic rings. The first-order chi connectivity index (χ1) is 18.4. The highest BCUT2D eigenvalue weighted by Gasteiger charge is 2.48. The number of nitrogens with zero attached hydrogens (tertiary/aromatic N) is 3. The Morgan fingerprint density at radius 2 is 1.84 bits per heavy atom. The number of urea groups is 1. The van der Waals surface area contributed by atoms with Crippen LogP contribution in [-0.4, -0.2) is 52.3 Å². The molecular weight excluding hydrogens is 531 g/mol. The largest absolute Gasteiger partial charge is 0.464 e. The maximum atomic E-state index is 12.9. The van der Waals surface area contributed by atoms with E-state index in [0.717, 1.165) is 43.4 Å². The van der Waals surface area contributed by atoms with Crippen molar-refractivity contribution < 1.29 is 23.6 Å². The normalized spacial score (nSPS) is 22.1. The van der Waals surface area contributed by atoms with Gasteiger partial charge in [0.1, 0.15) is 17.1 Å². The molecule has 2 saturated carbocycles. The predicted octanol–water partition coefficient (Wildman–Crippen LogP) is 6.06. The standard InChI is InChI=1S/C27H26Cl2N4O5/c1-36-26(34)22-8-7-15(12-30-22)31-27(35)33-16-9-17(33)11-18(10-16)37-13-19-24(32-38-25(19)14-5-6-14)23-20(28)3-2-4-21(23)29/h2-4,7-8,12,14,16-18H,5-6,9-11,13H2,1H3,(H,31,35). The SMILES string of the molecule is COC(=O)c1ccc(NC(=O)N2C3CC(OCc4c(-c5c(Cl)cccc5Cl)noc4C4CC4)CC2C3)cn1. The number of pyridine rings is 1. The Morgan fingerprint density at radius 3 is 2.47 bits per heavy atom. The van der Waals surface area contributed by atoms with Crippen LogP contribution < -0.4 is 5.32 Å². The molecule has 38 heavy (non-hydrogen) atoms. The number of hydrogen-bond donors (Lipinski definition) is 1. The van der Waals surface area contributed by atoms with E-state index in [1.807, 2.05) is 4.90 Å². The van der Waals surface area contributed by atoms with Gasteiger partial charge >= 0.3 is 12.0 Å². The van der Waals surface area contributed by atoms with Crippen LogP contribution in [0.2, 0.25) is 10.0 Å². The third kappa shape index (κ3) is 4.74. The summed E-state index contributed by atoms with van der Waals surface area (Å²) >= 11 is 12.9. The van der Waals surface area contributed by atoms with E-state index in [9.17, 15) is 9.59 Å². The van der Waals surface area contributed by atoms with Crippen LogP contribution in [0.25, 0.3) is 11.3 Å². The molecule has 4 heterocycles. The number of rotatable bonds is 7. The number of esters is 1. The lowest BCUT2D eigenvalue weighted by Crippen LogP contribution is -2.65.